The number of benzene rings is 1. The molecule has 1 aromatic carbocycles. The third-order valence-corrected chi connectivity index (χ3v) is 5.37. The van der Waals surface area contributed by atoms with Crippen LogP contribution in [-0.4, -0.2) is 57.0 Å². The summed E-state index contributed by atoms with van der Waals surface area (Å²) in [5, 5.41) is 2.46. The summed E-state index contributed by atoms with van der Waals surface area (Å²) in [5.74, 6) is -1.58. The number of amides is 3. The summed E-state index contributed by atoms with van der Waals surface area (Å²) < 4.78 is 31.5. The van der Waals surface area contributed by atoms with Crippen molar-refractivity contribution in [2.24, 2.45) is 0 Å². The highest BCUT2D eigenvalue weighted by Crippen LogP contribution is 2.14. The molecule has 0 aliphatic carbocycles. The van der Waals surface area contributed by atoms with Gasteiger partial charge in [-0.3, -0.25) is 14.5 Å². The molecule has 1 heterocycles. The molecule has 0 aromatic heterocycles. The van der Waals surface area contributed by atoms with Gasteiger partial charge in [-0.15, -0.1) is 0 Å². The van der Waals surface area contributed by atoms with Crippen molar-refractivity contribution in [3.05, 3.63) is 29.3 Å². The summed E-state index contributed by atoms with van der Waals surface area (Å²) in [6.07, 6.45) is -1.20. The van der Waals surface area contributed by atoms with Crippen molar-refractivity contribution in [2.75, 3.05) is 19.6 Å². The van der Waals surface area contributed by atoms with E-state index >= 15 is 0 Å². The van der Waals surface area contributed by atoms with E-state index in [1.807, 2.05) is 6.92 Å². The Morgan fingerprint density at radius 1 is 1.31 bits per heavy atom. The fourth-order valence-electron chi connectivity index (χ4n) is 2.31. The second-order valence-corrected chi connectivity index (χ2v) is 7.69. The van der Waals surface area contributed by atoms with Crippen molar-refractivity contribution in [3.63, 3.8) is 0 Å². The predicted molar refractivity (Wildman–Crippen MR) is 91.8 cm³/mol. The Bertz CT molecular complexity index is 836. The molecule has 1 aliphatic rings. The van der Waals surface area contributed by atoms with Crippen molar-refractivity contribution in [1.29, 1.82) is 0 Å². The van der Waals surface area contributed by atoms with Gasteiger partial charge in [0.2, 0.25) is 10.0 Å². The van der Waals surface area contributed by atoms with Gasteiger partial charge in [0.25, 0.3) is 5.91 Å². The molecule has 2 N–H and O–H groups in total. The van der Waals surface area contributed by atoms with E-state index in [1.165, 1.54) is 19.1 Å². The number of nitrogens with one attached hydrogen (secondary N) is 2. The summed E-state index contributed by atoms with van der Waals surface area (Å²) in [5.41, 5.74) is 1.75. The molecule has 26 heavy (non-hydrogen) atoms. The zero-order valence-electron chi connectivity index (χ0n) is 14.7. The Hall–Kier alpha value is -2.46. The lowest BCUT2D eigenvalue weighted by molar-refractivity contribution is -0.156. The number of rotatable bonds is 6. The molecule has 1 atom stereocenters. The van der Waals surface area contributed by atoms with Crippen LogP contribution in [0.15, 0.2) is 23.1 Å². The molecule has 142 valence electrons. The Kier molecular flexibility index (Phi) is 5.98. The lowest BCUT2D eigenvalue weighted by atomic mass is 10.1. The van der Waals surface area contributed by atoms with Crippen LogP contribution >= 0.6 is 0 Å². The first-order valence-electron chi connectivity index (χ1n) is 7.97. The summed E-state index contributed by atoms with van der Waals surface area (Å²) in [7, 11) is -3.89. The van der Waals surface area contributed by atoms with Crippen LogP contribution in [0.4, 0.5) is 4.79 Å². The van der Waals surface area contributed by atoms with Gasteiger partial charge in [0.05, 0.1) is 4.90 Å². The molecule has 0 saturated carbocycles. The molecule has 0 spiro atoms. The van der Waals surface area contributed by atoms with Crippen LogP contribution < -0.4 is 10.0 Å². The monoisotopic (exact) mass is 383 g/mol. The van der Waals surface area contributed by atoms with E-state index in [-0.39, 0.29) is 11.4 Å². The Labute approximate surface area is 151 Å². The van der Waals surface area contributed by atoms with Crippen molar-refractivity contribution < 1.29 is 27.5 Å². The van der Waals surface area contributed by atoms with Gasteiger partial charge in [-0.2, -0.15) is 4.72 Å². The van der Waals surface area contributed by atoms with Crippen LogP contribution in [-0.2, 0) is 24.3 Å². The molecule has 3 amide bonds. The molecule has 1 aromatic rings. The molecule has 1 saturated heterocycles. The summed E-state index contributed by atoms with van der Waals surface area (Å²) in [6.45, 7) is 4.86. The van der Waals surface area contributed by atoms with Gasteiger partial charge in [-0.05, 0) is 44.0 Å². The topological polar surface area (TPSA) is 122 Å². The molecule has 0 radical (unpaired) electrons. The van der Waals surface area contributed by atoms with E-state index in [4.69, 9.17) is 4.74 Å². The van der Waals surface area contributed by atoms with Crippen molar-refractivity contribution in [1.82, 2.24) is 14.9 Å². The minimum Gasteiger partial charge on any atom is -0.452 e. The number of hydrogen-bond donors (Lipinski definition) is 2. The van der Waals surface area contributed by atoms with Crippen LogP contribution in [0.1, 0.15) is 18.1 Å². The van der Waals surface area contributed by atoms with Gasteiger partial charge in [0, 0.05) is 13.1 Å². The minimum absolute atomic E-state index is 0.0336. The highest BCUT2D eigenvalue weighted by atomic mass is 32.2. The Morgan fingerprint density at radius 3 is 2.58 bits per heavy atom. The molecule has 10 heteroatoms. The van der Waals surface area contributed by atoms with Crippen LogP contribution in [0.3, 0.4) is 0 Å². The lowest BCUT2D eigenvalue weighted by Crippen LogP contribution is -2.43. The highest BCUT2D eigenvalue weighted by molar-refractivity contribution is 7.89. The number of carbonyl (C=O) groups is 3. The smallest absolute Gasteiger partial charge is 0.324 e. The maximum absolute atomic E-state index is 12.2. The van der Waals surface area contributed by atoms with Gasteiger partial charge < -0.3 is 10.1 Å². The second kappa shape index (κ2) is 7.83. The van der Waals surface area contributed by atoms with Crippen LogP contribution in [0, 0.1) is 13.8 Å². The number of ether oxygens (including phenoxy) is 1. The first kappa shape index (κ1) is 19.9. The largest absolute Gasteiger partial charge is 0.452 e. The van der Waals surface area contributed by atoms with Gasteiger partial charge in [0.1, 0.15) is 6.54 Å². The molecule has 1 unspecified atom stereocenters. The second-order valence-electron chi connectivity index (χ2n) is 5.92. The molecular weight excluding hydrogens is 362 g/mol. The third kappa shape index (κ3) is 4.58. The number of nitrogens with zero attached hydrogens (tertiary/aromatic N) is 1. The van der Waals surface area contributed by atoms with E-state index in [2.05, 4.69) is 10.0 Å². The average molecular weight is 383 g/mol. The predicted octanol–water partition coefficient (Wildman–Crippen LogP) is 0.0652. The van der Waals surface area contributed by atoms with E-state index in [9.17, 15) is 22.8 Å². The van der Waals surface area contributed by atoms with Gasteiger partial charge in [-0.1, -0.05) is 6.07 Å². The molecular formula is C16H21N3O6S. The standard InChI is InChI=1S/C16H21N3O6S/c1-10-4-5-13(8-11(10)2)26(23,24)18-9-14(20)25-12(3)15(21)19-7-6-17-16(19)22/h4-5,8,12,18H,6-7,9H2,1-3H3,(H,17,22). The lowest BCUT2D eigenvalue weighted by Gasteiger charge is -2.18. The molecule has 9 nitrogen and oxygen atoms in total. The highest BCUT2D eigenvalue weighted by Gasteiger charge is 2.31. The number of aryl methyl sites for hydroxylation is 2. The minimum atomic E-state index is -3.89. The van der Waals surface area contributed by atoms with E-state index < -0.39 is 40.6 Å². The van der Waals surface area contributed by atoms with Gasteiger partial charge >= 0.3 is 12.0 Å². The van der Waals surface area contributed by atoms with Gasteiger partial charge in [-0.25, -0.2) is 13.2 Å². The Balaban J connectivity index is 1.92. The van der Waals surface area contributed by atoms with Crippen LogP contribution in [0.25, 0.3) is 0 Å². The number of sulfonamides is 1. The summed E-state index contributed by atoms with van der Waals surface area (Å²) in [6, 6.07) is 4.06. The first-order valence-corrected chi connectivity index (χ1v) is 9.46. The van der Waals surface area contributed by atoms with Crippen molar-refractivity contribution >= 4 is 27.9 Å². The number of urea groups is 1. The third-order valence-electron chi connectivity index (χ3n) is 3.97. The SMILES string of the molecule is Cc1ccc(S(=O)(=O)NCC(=O)OC(C)C(=O)N2CCNC2=O)cc1C. The number of esters is 1. The van der Waals surface area contributed by atoms with Crippen molar-refractivity contribution in [2.45, 2.75) is 31.8 Å². The maximum Gasteiger partial charge on any atom is 0.324 e. The molecule has 2 rings (SSSR count). The van der Waals surface area contributed by atoms with E-state index in [0.717, 1.165) is 16.0 Å². The van der Waals surface area contributed by atoms with E-state index in [1.54, 1.807) is 13.0 Å². The number of imide groups is 1. The molecule has 0 bridgehead atoms. The molecule has 1 fully saturated rings. The summed E-state index contributed by atoms with van der Waals surface area (Å²) in [4.78, 5) is 36.3. The fraction of sp³-hybridized carbons (Fsp3) is 0.438. The Morgan fingerprint density at radius 2 is 2.00 bits per heavy atom. The zero-order valence-corrected chi connectivity index (χ0v) is 15.6. The van der Waals surface area contributed by atoms with Crippen LogP contribution in [0.5, 0.6) is 0 Å². The zero-order chi connectivity index (χ0) is 19.5. The van der Waals surface area contributed by atoms with E-state index in [0.29, 0.717) is 6.54 Å². The average Bonchev–Trinajstić information content (AvgIpc) is 3.00. The maximum atomic E-state index is 12.2. The first-order chi connectivity index (χ1) is 12.1. The summed E-state index contributed by atoms with van der Waals surface area (Å²) >= 11 is 0. The normalized spacial score (nSPS) is 15.5. The number of hydrogen-bond acceptors (Lipinski definition) is 6. The fourth-order valence-corrected chi connectivity index (χ4v) is 3.36. The van der Waals surface area contributed by atoms with Crippen molar-refractivity contribution in [3.8, 4) is 0 Å². The molecule has 1 aliphatic heterocycles. The van der Waals surface area contributed by atoms with Crippen LogP contribution in [0.2, 0.25) is 0 Å². The number of carbonyl (C=O) groups excluding carboxylic acids is 3. The quantitative estimate of drug-likeness (QED) is 0.670. The van der Waals surface area contributed by atoms with Gasteiger partial charge in [0.15, 0.2) is 6.10 Å².